The molecule has 2 aromatic carbocycles. The third-order valence-electron chi connectivity index (χ3n) is 2.91. The van der Waals surface area contributed by atoms with Gasteiger partial charge in [0.1, 0.15) is 5.82 Å². The molecule has 1 atom stereocenters. The third-order valence-corrected chi connectivity index (χ3v) is 2.91. The Hall–Kier alpha value is -2.49. The molecule has 1 amide bonds. The summed E-state index contributed by atoms with van der Waals surface area (Å²) >= 11 is 0. The first-order chi connectivity index (χ1) is 9.68. The minimum Gasteiger partial charge on any atom is -0.267 e. The minimum atomic E-state index is -0.559. The van der Waals surface area contributed by atoms with Crippen LogP contribution in [0.5, 0.6) is 0 Å². The average molecular weight is 270 g/mol. The third kappa shape index (κ3) is 3.51. The maximum absolute atomic E-state index is 13.4. The molecular formula is C16H15FN2O. The van der Waals surface area contributed by atoms with Gasteiger partial charge in [-0.1, -0.05) is 49.4 Å². The highest BCUT2D eigenvalue weighted by Crippen LogP contribution is 2.11. The normalized spacial score (nSPS) is 12.3. The zero-order valence-electron chi connectivity index (χ0n) is 11.1. The summed E-state index contributed by atoms with van der Waals surface area (Å²) in [6.07, 6.45) is 1.62. The Morgan fingerprint density at radius 1 is 1.15 bits per heavy atom. The lowest BCUT2D eigenvalue weighted by molar-refractivity contribution is 0.0951. The van der Waals surface area contributed by atoms with Crippen molar-refractivity contribution in [3.63, 3.8) is 0 Å². The molecule has 4 heteroatoms. The van der Waals surface area contributed by atoms with E-state index in [4.69, 9.17) is 0 Å². The van der Waals surface area contributed by atoms with Crippen LogP contribution in [0.3, 0.4) is 0 Å². The van der Waals surface area contributed by atoms with Gasteiger partial charge < -0.3 is 0 Å². The smallest absolute Gasteiger partial charge is 0.267 e. The fourth-order valence-electron chi connectivity index (χ4n) is 1.76. The molecule has 0 fully saturated rings. The molecular weight excluding hydrogens is 255 g/mol. The summed E-state index contributed by atoms with van der Waals surface area (Å²) in [6, 6.07) is 15.6. The van der Waals surface area contributed by atoms with Gasteiger partial charge in [-0.15, -0.1) is 0 Å². The van der Waals surface area contributed by atoms with E-state index in [1.165, 1.54) is 18.2 Å². The molecule has 0 bridgehead atoms. The quantitative estimate of drug-likeness (QED) is 0.672. The first-order valence-electron chi connectivity index (χ1n) is 6.31. The molecule has 2 aromatic rings. The van der Waals surface area contributed by atoms with E-state index in [-0.39, 0.29) is 11.5 Å². The summed E-state index contributed by atoms with van der Waals surface area (Å²) in [5, 5.41) is 3.87. The second-order valence-corrected chi connectivity index (χ2v) is 4.40. The van der Waals surface area contributed by atoms with Gasteiger partial charge >= 0.3 is 0 Å². The standard InChI is InChI=1S/C16H15FN2O/c1-12(13-7-3-2-4-8-13)11-18-19-16(20)14-9-5-6-10-15(14)17/h2-12H,1H3,(H,19,20)/b18-11-/t12-/m1/s1. The van der Waals surface area contributed by atoms with Gasteiger partial charge in [-0.3, -0.25) is 4.79 Å². The fourth-order valence-corrected chi connectivity index (χ4v) is 1.76. The number of amides is 1. The molecule has 3 nitrogen and oxygen atoms in total. The summed E-state index contributed by atoms with van der Waals surface area (Å²) < 4.78 is 13.4. The summed E-state index contributed by atoms with van der Waals surface area (Å²) in [7, 11) is 0. The SMILES string of the molecule is C[C@H](/C=N\NC(=O)c1ccccc1F)c1ccccc1. The predicted octanol–water partition coefficient (Wildman–Crippen LogP) is 3.35. The van der Waals surface area contributed by atoms with Crippen molar-refractivity contribution in [2.75, 3.05) is 0 Å². The van der Waals surface area contributed by atoms with E-state index in [1.54, 1.807) is 12.3 Å². The Labute approximate surface area is 117 Å². The number of nitrogens with one attached hydrogen (secondary N) is 1. The number of benzene rings is 2. The predicted molar refractivity (Wildman–Crippen MR) is 77.2 cm³/mol. The number of hydrogen-bond acceptors (Lipinski definition) is 2. The van der Waals surface area contributed by atoms with E-state index in [9.17, 15) is 9.18 Å². The van der Waals surface area contributed by atoms with Gasteiger partial charge in [-0.05, 0) is 17.7 Å². The van der Waals surface area contributed by atoms with Gasteiger partial charge in [0.05, 0.1) is 5.56 Å². The zero-order valence-corrected chi connectivity index (χ0v) is 11.1. The molecule has 0 heterocycles. The van der Waals surface area contributed by atoms with Crippen molar-refractivity contribution >= 4 is 12.1 Å². The first kappa shape index (κ1) is 13.9. The van der Waals surface area contributed by atoms with Crippen LogP contribution in [0.2, 0.25) is 0 Å². The average Bonchev–Trinajstić information content (AvgIpc) is 2.48. The van der Waals surface area contributed by atoms with Crippen molar-refractivity contribution in [3.05, 3.63) is 71.5 Å². The first-order valence-corrected chi connectivity index (χ1v) is 6.31. The molecule has 2 rings (SSSR count). The van der Waals surface area contributed by atoms with Gasteiger partial charge in [0.15, 0.2) is 0 Å². The Morgan fingerprint density at radius 3 is 2.50 bits per heavy atom. The number of rotatable bonds is 4. The van der Waals surface area contributed by atoms with Crippen LogP contribution >= 0.6 is 0 Å². The van der Waals surface area contributed by atoms with E-state index in [2.05, 4.69) is 10.5 Å². The molecule has 0 saturated heterocycles. The molecule has 0 unspecified atom stereocenters. The summed E-state index contributed by atoms with van der Waals surface area (Å²) in [5.41, 5.74) is 3.41. The van der Waals surface area contributed by atoms with Crippen molar-refractivity contribution in [3.8, 4) is 0 Å². The number of nitrogens with zero attached hydrogens (tertiary/aromatic N) is 1. The van der Waals surface area contributed by atoms with E-state index in [0.717, 1.165) is 5.56 Å². The Morgan fingerprint density at radius 2 is 1.80 bits per heavy atom. The topological polar surface area (TPSA) is 41.5 Å². The molecule has 0 radical (unpaired) electrons. The number of carbonyl (C=O) groups is 1. The summed E-state index contributed by atoms with van der Waals surface area (Å²) in [5.74, 6) is -1.05. The molecule has 20 heavy (non-hydrogen) atoms. The Bertz CT molecular complexity index is 611. The highest BCUT2D eigenvalue weighted by molar-refractivity contribution is 5.94. The largest absolute Gasteiger partial charge is 0.274 e. The molecule has 0 aliphatic heterocycles. The van der Waals surface area contributed by atoms with E-state index in [0.29, 0.717) is 0 Å². The Balaban J connectivity index is 1.97. The number of halogens is 1. The van der Waals surface area contributed by atoms with E-state index >= 15 is 0 Å². The number of carbonyl (C=O) groups excluding carboxylic acids is 1. The molecule has 102 valence electrons. The maximum Gasteiger partial charge on any atom is 0.274 e. The molecule has 1 N–H and O–H groups in total. The van der Waals surface area contributed by atoms with Gasteiger partial charge in [0.25, 0.3) is 5.91 Å². The van der Waals surface area contributed by atoms with Gasteiger partial charge in [0.2, 0.25) is 0 Å². The maximum atomic E-state index is 13.4. The molecule has 0 aliphatic carbocycles. The molecule has 0 aliphatic rings. The fraction of sp³-hybridized carbons (Fsp3) is 0.125. The van der Waals surface area contributed by atoms with Crippen molar-refractivity contribution in [1.82, 2.24) is 5.43 Å². The lowest BCUT2D eigenvalue weighted by atomic mass is 10.0. The van der Waals surface area contributed by atoms with Gasteiger partial charge in [0, 0.05) is 12.1 Å². The lowest BCUT2D eigenvalue weighted by Gasteiger charge is -2.05. The minimum absolute atomic E-state index is 0.0167. The van der Waals surface area contributed by atoms with Crippen LogP contribution in [-0.2, 0) is 0 Å². The van der Waals surface area contributed by atoms with Crippen LogP contribution in [-0.4, -0.2) is 12.1 Å². The number of hydrogen-bond donors (Lipinski definition) is 1. The van der Waals surface area contributed by atoms with Crippen molar-refractivity contribution in [2.45, 2.75) is 12.8 Å². The van der Waals surface area contributed by atoms with Crippen LogP contribution in [0.25, 0.3) is 0 Å². The van der Waals surface area contributed by atoms with Crippen molar-refractivity contribution in [2.24, 2.45) is 5.10 Å². The highest BCUT2D eigenvalue weighted by Gasteiger charge is 2.09. The monoisotopic (exact) mass is 270 g/mol. The van der Waals surface area contributed by atoms with Crippen LogP contribution in [0.4, 0.5) is 4.39 Å². The van der Waals surface area contributed by atoms with Crippen LogP contribution < -0.4 is 5.43 Å². The Kier molecular flexibility index (Phi) is 4.60. The lowest BCUT2D eigenvalue weighted by Crippen LogP contribution is -2.19. The van der Waals surface area contributed by atoms with Crippen LogP contribution in [0.1, 0.15) is 28.8 Å². The molecule has 0 aromatic heterocycles. The van der Waals surface area contributed by atoms with Crippen molar-refractivity contribution < 1.29 is 9.18 Å². The number of hydrazone groups is 1. The van der Waals surface area contributed by atoms with Gasteiger partial charge in [-0.2, -0.15) is 5.10 Å². The van der Waals surface area contributed by atoms with E-state index in [1.807, 2.05) is 37.3 Å². The van der Waals surface area contributed by atoms with Crippen molar-refractivity contribution in [1.29, 1.82) is 0 Å². The second kappa shape index (κ2) is 6.61. The second-order valence-electron chi connectivity index (χ2n) is 4.40. The molecule has 0 spiro atoms. The summed E-state index contributed by atoms with van der Waals surface area (Å²) in [6.45, 7) is 1.97. The van der Waals surface area contributed by atoms with Crippen LogP contribution in [0, 0.1) is 5.82 Å². The van der Waals surface area contributed by atoms with Crippen LogP contribution in [0.15, 0.2) is 59.7 Å². The zero-order chi connectivity index (χ0) is 14.4. The summed E-state index contributed by atoms with van der Waals surface area (Å²) in [4.78, 5) is 11.7. The highest BCUT2D eigenvalue weighted by atomic mass is 19.1. The van der Waals surface area contributed by atoms with Gasteiger partial charge in [-0.25, -0.2) is 9.82 Å². The van der Waals surface area contributed by atoms with E-state index < -0.39 is 11.7 Å². The molecule has 0 saturated carbocycles.